The van der Waals surface area contributed by atoms with Crippen LogP contribution in [0.1, 0.15) is 75.1 Å². The van der Waals surface area contributed by atoms with Crippen LogP contribution in [0.2, 0.25) is 0 Å². The van der Waals surface area contributed by atoms with E-state index in [0.29, 0.717) is 24.2 Å². The van der Waals surface area contributed by atoms with Gasteiger partial charge in [0.25, 0.3) is 5.91 Å². The van der Waals surface area contributed by atoms with Gasteiger partial charge in [-0.15, -0.1) is 0 Å². The van der Waals surface area contributed by atoms with E-state index in [1.54, 1.807) is 19.1 Å². The molecule has 1 amide bonds. The number of hydrogen-bond acceptors (Lipinski definition) is 4. The summed E-state index contributed by atoms with van der Waals surface area (Å²) in [6.07, 6.45) is 5.09. The number of amides is 1. The lowest BCUT2D eigenvalue weighted by Crippen LogP contribution is -2.31. The van der Waals surface area contributed by atoms with Crippen LogP contribution in [0.3, 0.4) is 0 Å². The van der Waals surface area contributed by atoms with E-state index in [1.807, 2.05) is 48.7 Å². The molecule has 0 saturated heterocycles. The first-order valence-corrected chi connectivity index (χ1v) is 13.6. The van der Waals surface area contributed by atoms with Crippen LogP contribution in [0.15, 0.2) is 66.4 Å². The number of unbranched alkanes of at least 4 members (excludes halogenated alkanes) is 3. The number of aromatic nitrogens is 1. The van der Waals surface area contributed by atoms with Crippen molar-refractivity contribution in [3.63, 3.8) is 0 Å². The molecule has 0 radical (unpaired) electrons. The number of carbonyl (C=O) groups excluding carboxylic acids is 2. The van der Waals surface area contributed by atoms with Crippen molar-refractivity contribution >= 4 is 17.7 Å². The van der Waals surface area contributed by atoms with Gasteiger partial charge in [0.2, 0.25) is 0 Å². The van der Waals surface area contributed by atoms with Crippen molar-refractivity contribution in [2.24, 2.45) is 5.73 Å². The summed E-state index contributed by atoms with van der Waals surface area (Å²) >= 11 is 0. The number of carboxylic acids is 1. The van der Waals surface area contributed by atoms with Gasteiger partial charge in [-0.25, -0.2) is 4.39 Å². The van der Waals surface area contributed by atoms with Crippen LogP contribution in [0.4, 0.5) is 4.39 Å². The fraction of sp³-hybridized carbons (Fsp3) is 0.344. The molecule has 0 aliphatic carbocycles. The molecule has 1 aromatic heterocycles. The van der Waals surface area contributed by atoms with Gasteiger partial charge in [-0.1, -0.05) is 55.3 Å². The SMILES string of the molecule is C/C(N)=C/C(=O)CNC(=O)c1c(-c2ccccc2)c(-c2ccc(F)cc2)c(CCCCCCC(=O)O)n1C(C)C. The van der Waals surface area contributed by atoms with Crippen LogP contribution < -0.4 is 11.1 Å². The molecule has 7 nitrogen and oxygen atoms in total. The van der Waals surface area contributed by atoms with E-state index in [1.165, 1.54) is 18.2 Å². The van der Waals surface area contributed by atoms with Gasteiger partial charge < -0.3 is 20.7 Å². The number of carbonyl (C=O) groups is 3. The minimum Gasteiger partial charge on any atom is -0.481 e. The van der Waals surface area contributed by atoms with Crippen molar-refractivity contribution in [2.45, 2.75) is 65.3 Å². The molecule has 0 atom stereocenters. The van der Waals surface area contributed by atoms with E-state index < -0.39 is 5.97 Å². The summed E-state index contributed by atoms with van der Waals surface area (Å²) in [5, 5.41) is 11.7. The number of ketones is 1. The third kappa shape index (κ3) is 7.91. The Morgan fingerprint density at radius 2 is 1.57 bits per heavy atom. The van der Waals surface area contributed by atoms with Crippen LogP contribution in [0.5, 0.6) is 0 Å². The zero-order chi connectivity index (χ0) is 29.2. The number of aliphatic carboxylic acids is 1. The number of nitrogens with zero attached hydrogens (tertiary/aromatic N) is 1. The zero-order valence-corrected chi connectivity index (χ0v) is 23.4. The summed E-state index contributed by atoms with van der Waals surface area (Å²) in [5.41, 5.74) is 10.5. The summed E-state index contributed by atoms with van der Waals surface area (Å²) in [7, 11) is 0. The molecule has 1 heterocycles. The Bertz CT molecular complexity index is 1360. The number of allylic oxidation sites excluding steroid dienone is 1. The van der Waals surface area contributed by atoms with Crippen LogP contribution in [0.25, 0.3) is 22.3 Å². The molecule has 0 saturated carbocycles. The van der Waals surface area contributed by atoms with Crippen molar-refractivity contribution in [3.8, 4) is 22.3 Å². The molecule has 3 rings (SSSR count). The Morgan fingerprint density at radius 1 is 0.950 bits per heavy atom. The Hall–Kier alpha value is -4.20. The van der Waals surface area contributed by atoms with Crippen molar-refractivity contribution in [2.75, 3.05) is 6.54 Å². The Balaban J connectivity index is 2.16. The van der Waals surface area contributed by atoms with E-state index in [9.17, 15) is 18.8 Å². The van der Waals surface area contributed by atoms with Crippen LogP contribution >= 0.6 is 0 Å². The number of hydrogen-bond donors (Lipinski definition) is 3. The van der Waals surface area contributed by atoms with E-state index in [2.05, 4.69) is 5.32 Å². The van der Waals surface area contributed by atoms with Gasteiger partial charge in [-0.2, -0.15) is 0 Å². The molecule has 40 heavy (non-hydrogen) atoms. The Labute approximate surface area is 234 Å². The number of benzene rings is 2. The first-order valence-electron chi connectivity index (χ1n) is 13.6. The maximum absolute atomic E-state index is 14.0. The second-order valence-electron chi connectivity index (χ2n) is 10.2. The summed E-state index contributed by atoms with van der Waals surface area (Å²) in [5.74, 6) is -1.85. The summed E-state index contributed by atoms with van der Waals surface area (Å²) in [4.78, 5) is 37.0. The average molecular weight is 548 g/mol. The molecule has 0 spiro atoms. The predicted octanol–water partition coefficient (Wildman–Crippen LogP) is 6.28. The van der Waals surface area contributed by atoms with E-state index >= 15 is 0 Å². The molecule has 4 N–H and O–H groups in total. The third-order valence-electron chi connectivity index (χ3n) is 6.60. The standard InChI is InChI=1S/C32H38FN3O4/c1-21(2)36-27(13-9-4-5-10-14-28(38)39)29(24-15-17-25(33)18-16-24)30(23-11-7-6-8-12-23)31(36)32(40)35-20-26(37)19-22(3)34/h6-8,11-12,15-19,21H,4-5,9-10,13-14,20,34H2,1-3H3,(H,35,40)(H,38,39)/b22-19-. The molecule has 0 aliphatic heterocycles. The average Bonchev–Trinajstić information content (AvgIpc) is 3.25. The first kappa shape index (κ1) is 30.3. The van der Waals surface area contributed by atoms with Crippen LogP contribution in [0, 0.1) is 5.82 Å². The minimum absolute atomic E-state index is 0.0960. The van der Waals surface area contributed by atoms with E-state index in [0.717, 1.165) is 47.2 Å². The second kappa shape index (κ2) is 14.3. The van der Waals surface area contributed by atoms with Crippen molar-refractivity contribution < 1.29 is 23.9 Å². The highest BCUT2D eigenvalue weighted by Gasteiger charge is 2.30. The normalized spacial score (nSPS) is 11.6. The van der Waals surface area contributed by atoms with E-state index in [-0.39, 0.29) is 36.5 Å². The highest BCUT2D eigenvalue weighted by molar-refractivity contribution is 6.06. The molecular weight excluding hydrogens is 509 g/mol. The molecule has 0 unspecified atom stereocenters. The van der Waals surface area contributed by atoms with Gasteiger partial charge in [-0.05, 0) is 63.3 Å². The topological polar surface area (TPSA) is 114 Å². The molecule has 0 aliphatic rings. The van der Waals surface area contributed by atoms with Crippen molar-refractivity contribution in [1.29, 1.82) is 0 Å². The zero-order valence-electron chi connectivity index (χ0n) is 23.4. The first-order chi connectivity index (χ1) is 19.1. The number of nitrogens with one attached hydrogen (secondary N) is 1. The largest absolute Gasteiger partial charge is 0.481 e. The highest BCUT2D eigenvalue weighted by atomic mass is 19.1. The lowest BCUT2D eigenvalue weighted by atomic mass is 9.93. The summed E-state index contributed by atoms with van der Waals surface area (Å²) < 4.78 is 16.0. The molecule has 0 bridgehead atoms. The molecule has 2 aromatic carbocycles. The molecule has 3 aromatic rings. The lowest BCUT2D eigenvalue weighted by Gasteiger charge is -2.18. The van der Waals surface area contributed by atoms with Gasteiger partial charge in [0.05, 0.1) is 6.54 Å². The van der Waals surface area contributed by atoms with E-state index in [4.69, 9.17) is 10.8 Å². The summed E-state index contributed by atoms with van der Waals surface area (Å²) in [6, 6.07) is 15.7. The minimum atomic E-state index is -0.800. The van der Waals surface area contributed by atoms with Crippen molar-refractivity contribution in [1.82, 2.24) is 9.88 Å². The predicted molar refractivity (Wildman–Crippen MR) is 155 cm³/mol. The molecule has 212 valence electrons. The van der Waals surface area contributed by atoms with Gasteiger partial charge in [-0.3, -0.25) is 14.4 Å². The lowest BCUT2D eigenvalue weighted by molar-refractivity contribution is -0.137. The Kier molecular flexibility index (Phi) is 10.8. The number of carboxylic acid groups (broad SMARTS) is 1. The third-order valence-corrected chi connectivity index (χ3v) is 6.60. The second-order valence-corrected chi connectivity index (χ2v) is 10.2. The molecular formula is C32H38FN3O4. The van der Waals surface area contributed by atoms with Crippen LogP contribution in [-0.2, 0) is 16.0 Å². The van der Waals surface area contributed by atoms with Crippen LogP contribution in [-0.4, -0.2) is 33.9 Å². The highest BCUT2D eigenvalue weighted by Crippen LogP contribution is 2.42. The maximum atomic E-state index is 14.0. The number of rotatable bonds is 14. The van der Waals surface area contributed by atoms with Gasteiger partial charge in [0, 0.05) is 41.1 Å². The fourth-order valence-corrected chi connectivity index (χ4v) is 4.97. The summed E-state index contributed by atoms with van der Waals surface area (Å²) in [6.45, 7) is 5.42. The van der Waals surface area contributed by atoms with Gasteiger partial charge in [0.1, 0.15) is 11.5 Å². The quantitative estimate of drug-likeness (QED) is 0.162. The molecule has 0 fully saturated rings. The number of halogens is 1. The maximum Gasteiger partial charge on any atom is 0.303 e. The smallest absolute Gasteiger partial charge is 0.303 e. The van der Waals surface area contributed by atoms with Gasteiger partial charge >= 0.3 is 5.97 Å². The fourth-order valence-electron chi connectivity index (χ4n) is 4.97. The van der Waals surface area contributed by atoms with Crippen molar-refractivity contribution in [3.05, 3.63) is 83.6 Å². The monoisotopic (exact) mass is 547 g/mol. The van der Waals surface area contributed by atoms with Gasteiger partial charge in [0.15, 0.2) is 5.78 Å². The Morgan fingerprint density at radius 3 is 2.17 bits per heavy atom. The number of nitrogens with two attached hydrogens (primary N) is 1. The molecule has 8 heteroatoms.